The Morgan fingerprint density at radius 2 is 2.10 bits per heavy atom. The summed E-state index contributed by atoms with van der Waals surface area (Å²) in [6.07, 6.45) is 5.27. The van der Waals surface area contributed by atoms with E-state index in [-0.39, 0.29) is 12.4 Å². The number of carbonyl (C=O) groups excluding carboxylic acids is 1. The summed E-state index contributed by atoms with van der Waals surface area (Å²) in [5.41, 5.74) is 8.55. The van der Waals surface area contributed by atoms with Crippen LogP contribution in [0.15, 0.2) is 24.3 Å². The quantitative estimate of drug-likeness (QED) is 0.933. The average molecular weight is 309 g/mol. The molecule has 2 aliphatic rings. The Morgan fingerprint density at radius 3 is 2.86 bits per heavy atom. The number of carbonyl (C=O) groups is 1. The van der Waals surface area contributed by atoms with Crippen molar-refractivity contribution < 1.29 is 4.79 Å². The molecule has 3 nitrogen and oxygen atoms in total. The van der Waals surface area contributed by atoms with Crippen LogP contribution in [0.2, 0.25) is 0 Å². The molecule has 116 valence electrons. The van der Waals surface area contributed by atoms with E-state index in [0.29, 0.717) is 30.7 Å². The number of hydrogen-bond acceptors (Lipinski definition) is 2. The van der Waals surface area contributed by atoms with Crippen molar-refractivity contribution in [2.75, 3.05) is 19.6 Å². The molecule has 1 aromatic carbocycles. The molecule has 4 heteroatoms. The van der Waals surface area contributed by atoms with Gasteiger partial charge in [-0.25, -0.2) is 0 Å². The maximum absolute atomic E-state index is 12.5. The van der Waals surface area contributed by atoms with E-state index >= 15 is 0 Å². The molecule has 3 rings (SSSR count). The molecule has 1 amide bonds. The second-order valence-corrected chi connectivity index (χ2v) is 6.22. The molecule has 1 saturated heterocycles. The molecular formula is C17H25ClN2O. The lowest BCUT2D eigenvalue weighted by atomic mass is 9.81. The van der Waals surface area contributed by atoms with E-state index in [0.717, 1.165) is 25.9 Å². The van der Waals surface area contributed by atoms with Crippen molar-refractivity contribution in [2.45, 2.75) is 38.0 Å². The molecule has 2 N–H and O–H groups in total. The smallest absolute Gasteiger partial charge is 0.223 e. The third-order valence-corrected chi connectivity index (χ3v) is 4.89. The van der Waals surface area contributed by atoms with Gasteiger partial charge in [0.15, 0.2) is 0 Å². The molecule has 1 heterocycles. The lowest BCUT2D eigenvalue weighted by Crippen LogP contribution is -2.31. The van der Waals surface area contributed by atoms with Crippen LogP contribution in [0.4, 0.5) is 0 Å². The Labute approximate surface area is 133 Å². The number of nitrogens with two attached hydrogens (primary N) is 1. The van der Waals surface area contributed by atoms with Gasteiger partial charge in [-0.05, 0) is 55.2 Å². The second kappa shape index (κ2) is 7.28. The fraction of sp³-hybridized carbons (Fsp3) is 0.588. The minimum Gasteiger partial charge on any atom is -0.342 e. The van der Waals surface area contributed by atoms with E-state index in [1.165, 1.54) is 24.0 Å². The zero-order chi connectivity index (χ0) is 13.9. The number of rotatable bonds is 3. The lowest BCUT2D eigenvalue weighted by Gasteiger charge is -2.27. The SMILES string of the molecule is Cl.NCC1CCN(C(=O)CC2CCCc3ccccc32)C1. The maximum Gasteiger partial charge on any atom is 0.223 e. The van der Waals surface area contributed by atoms with Crippen LogP contribution >= 0.6 is 12.4 Å². The molecule has 0 radical (unpaired) electrons. The van der Waals surface area contributed by atoms with Gasteiger partial charge in [-0.1, -0.05) is 24.3 Å². The zero-order valence-corrected chi connectivity index (χ0v) is 13.3. The van der Waals surface area contributed by atoms with Crippen molar-refractivity contribution in [3.05, 3.63) is 35.4 Å². The largest absolute Gasteiger partial charge is 0.342 e. The third-order valence-electron chi connectivity index (χ3n) is 4.89. The molecule has 1 aromatic rings. The first-order valence-corrected chi connectivity index (χ1v) is 7.83. The van der Waals surface area contributed by atoms with Gasteiger partial charge in [0, 0.05) is 19.5 Å². The van der Waals surface area contributed by atoms with Crippen LogP contribution in [-0.4, -0.2) is 30.4 Å². The second-order valence-electron chi connectivity index (χ2n) is 6.22. The van der Waals surface area contributed by atoms with Crippen molar-refractivity contribution in [3.63, 3.8) is 0 Å². The van der Waals surface area contributed by atoms with Crippen LogP contribution in [0.3, 0.4) is 0 Å². The molecule has 1 fully saturated rings. The van der Waals surface area contributed by atoms with Crippen LogP contribution in [-0.2, 0) is 11.2 Å². The number of benzene rings is 1. The highest BCUT2D eigenvalue weighted by Gasteiger charge is 2.28. The highest BCUT2D eigenvalue weighted by Crippen LogP contribution is 2.34. The van der Waals surface area contributed by atoms with Crippen molar-refractivity contribution in [3.8, 4) is 0 Å². The van der Waals surface area contributed by atoms with Gasteiger partial charge in [0.2, 0.25) is 5.91 Å². The fourth-order valence-electron chi connectivity index (χ4n) is 3.66. The highest BCUT2D eigenvalue weighted by molar-refractivity contribution is 5.85. The third kappa shape index (κ3) is 3.58. The van der Waals surface area contributed by atoms with Gasteiger partial charge < -0.3 is 10.6 Å². The summed E-state index contributed by atoms with van der Waals surface area (Å²) >= 11 is 0. The van der Waals surface area contributed by atoms with E-state index in [1.807, 2.05) is 4.90 Å². The monoisotopic (exact) mass is 308 g/mol. The van der Waals surface area contributed by atoms with Gasteiger partial charge >= 0.3 is 0 Å². The first-order valence-electron chi connectivity index (χ1n) is 7.83. The van der Waals surface area contributed by atoms with E-state index in [2.05, 4.69) is 24.3 Å². The Balaban J connectivity index is 0.00000161. The number of amides is 1. The number of hydrogen-bond donors (Lipinski definition) is 1. The van der Waals surface area contributed by atoms with Crippen LogP contribution < -0.4 is 5.73 Å². The van der Waals surface area contributed by atoms with Gasteiger partial charge in [0.05, 0.1) is 0 Å². The maximum atomic E-state index is 12.5. The molecule has 21 heavy (non-hydrogen) atoms. The molecule has 1 aliphatic heterocycles. The van der Waals surface area contributed by atoms with Crippen molar-refractivity contribution in [1.82, 2.24) is 4.90 Å². The number of likely N-dealkylation sites (tertiary alicyclic amines) is 1. The number of halogens is 1. The van der Waals surface area contributed by atoms with Crippen LogP contribution in [0.5, 0.6) is 0 Å². The van der Waals surface area contributed by atoms with Gasteiger partial charge in [-0.2, -0.15) is 0 Å². The summed E-state index contributed by atoms with van der Waals surface area (Å²) in [6, 6.07) is 8.63. The Hall–Kier alpha value is -1.06. The van der Waals surface area contributed by atoms with Gasteiger partial charge in [0.25, 0.3) is 0 Å². The van der Waals surface area contributed by atoms with Gasteiger partial charge in [0.1, 0.15) is 0 Å². The molecule has 0 spiro atoms. The Kier molecular flexibility index (Phi) is 5.65. The number of aryl methyl sites for hydroxylation is 1. The van der Waals surface area contributed by atoms with Crippen molar-refractivity contribution >= 4 is 18.3 Å². The van der Waals surface area contributed by atoms with E-state index in [4.69, 9.17) is 5.73 Å². The van der Waals surface area contributed by atoms with Crippen LogP contribution in [0.1, 0.15) is 42.7 Å². The fourth-order valence-corrected chi connectivity index (χ4v) is 3.66. The summed E-state index contributed by atoms with van der Waals surface area (Å²) in [5, 5.41) is 0. The van der Waals surface area contributed by atoms with Crippen molar-refractivity contribution in [2.24, 2.45) is 11.7 Å². The highest BCUT2D eigenvalue weighted by atomic mass is 35.5. The number of nitrogens with zero attached hydrogens (tertiary/aromatic N) is 1. The lowest BCUT2D eigenvalue weighted by molar-refractivity contribution is -0.130. The molecule has 1 aliphatic carbocycles. The van der Waals surface area contributed by atoms with Gasteiger partial charge in [-0.15, -0.1) is 12.4 Å². The average Bonchev–Trinajstić information content (AvgIpc) is 2.97. The molecule has 0 aromatic heterocycles. The van der Waals surface area contributed by atoms with Crippen LogP contribution in [0, 0.1) is 5.92 Å². The van der Waals surface area contributed by atoms with E-state index < -0.39 is 0 Å². The molecular weight excluding hydrogens is 284 g/mol. The normalized spacial score (nSPS) is 24.3. The van der Waals surface area contributed by atoms with Crippen LogP contribution in [0.25, 0.3) is 0 Å². The van der Waals surface area contributed by atoms with Gasteiger partial charge in [-0.3, -0.25) is 4.79 Å². The molecule has 2 atom stereocenters. The predicted octanol–water partition coefficient (Wildman–Crippen LogP) is 2.73. The Morgan fingerprint density at radius 1 is 1.29 bits per heavy atom. The van der Waals surface area contributed by atoms with E-state index in [9.17, 15) is 4.79 Å². The minimum atomic E-state index is 0. The predicted molar refractivity (Wildman–Crippen MR) is 87.7 cm³/mol. The summed E-state index contributed by atoms with van der Waals surface area (Å²) in [4.78, 5) is 14.5. The van der Waals surface area contributed by atoms with E-state index in [1.54, 1.807) is 0 Å². The topological polar surface area (TPSA) is 46.3 Å². The molecule has 0 saturated carbocycles. The first-order chi connectivity index (χ1) is 9.78. The molecule has 2 unspecified atom stereocenters. The summed E-state index contributed by atoms with van der Waals surface area (Å²) in [5.74, 6) is 1.25. The van der Waals surface area contributed by atoms with Crippen molar-refractivity contribution in [1.29, 1.82) is 0 Å². The standard InChI is InChI=1S/C17H24N2O.ClH/c18-11-13-8-9-19(12-13)17(20)10-15-6-3-5-14-4-1-2-7-16(14)15;/h1-2,4,7,13,15H,3,5-6,8-12,18H2;1H. The summed E-state index contributed by atoms with van der Waals surface area (Å²) < 4.78 is 0. The minimum absolute atomic E-state index is 0. The zero-order valence-electron chi connectivity index (χ0n) is 12.5. The molecule has 0 bridgehead atoms. The first kappa shape index (κ1) is 16.3. The summed E-state index contributed by atoms with van der Waals surface area (Å²) in [6.45, 7) is 2.47. The Bertz CT molecular complexity index is 491. The number of fused-ring (bicyclic) bond motifs is 1. The summed E-state index contributed by atoms with van der Waals surface area (Å²) in [7, 11) is 0.